The summed E-state index contributed by atoms with van der Waals surface area (Å²) in [5, 5.41) is 0. The number of halogens is 1. The molecule has 0 aromatic heterocycles. The van der Waals surface area contributed by atoms with Crippen molar-refractivity contribution in [1.29, 1.82) is 0 Å². The molecule has 0 radical (unpaired) electrons. The van der Waals surface area contributed by atoms with E-state index in [1.807, 2.05) is 30.3 Å². The molecule has 2 aromatic carbocycles. The molecule has 0 spiro atoms. The number of rotatable bonds is 5. The minimum absolute atomic E-state index is 0.427. The first kappa shape index (κ1) is 14.5. The third-order valence-corrected chi connectivity index (χ3v) is 3.20. The predicted octanol–water partition coefficient (Wildman–Crippen LogP) is 3.63. The van der Waals surface area contributed by atoms with Crippen molar-refractivity contribution in [3.05, 3.63) is 46.4 Å². The number of hydrogen-bond acceptors (Lipinski definition) is 4. The Bertz CT molecular complexity index is 581. The molecule has 5 heteroatoms. The van der Waals surface area contributed by atoms with Gasteiger partial charge in [-0.2, -0.15) is 0 Å². The zero-order valence-electron chi connectivity index (χ0n) is 11.4. The summed E-state index contributed by atoms with van der Waals surface area (Å²) in [4.78, 5) is 0. The van der Waals surface area contributed by atoms with E-state index in [-0.39, 0.29) is 0 Å². The lowest BCUT2D eigenvalue weighted by Crippen LogP contribution is -1.98. The fraction of sp³-hybridized carbons (Fsp3) is 0.200. The molecule has 2 rings (SSSR count). The van der Waals surface area contributed by atoms with Gasteiger partial charge in [-0.1, -0.05) is 22.0 Å². The van der Waals surface area contributed by atoms with Gasteiger partial charge in [-0.25, -0.2) is 0 Å². The van der Waals surface area contributed by atoms with E-state index >= 15 is 0 Å². The summed E-state index contributed by atoms with van der Waals surface area (Å²) >= 11 is 3.38. The lowest BCUT2D eigenvalue weighted by Gasteiger charge is -2.11. The van der Waals surface area contributed by atoms with Crippen LogP contribution >= 0.6 is 15.9 Å². The molecule has 0 heterocycles. The van der Waals surface area contributed by atoms with Crippen LogP contribution in [0.3, 0.4) is 0 Å². The molecule has 0 aliphatic carbocycles. The highest BCUT2D eigenvalue weighted by Gasteiger charge is 2.05. The largest absolute Gasteiger partial charge is 0.493 e. The van der Waals surface area contributed by atoms with Gasteiger partial charge in [0, 0.05) is 16.2 Å². The molecule has 106 valence electrons. The average Bonchev–Trinajstić information content (AvgIpc) is 2.43. The van der Waals surface area contributed by atoms with E-state index in [2.05, 4.69) is 15.9 Å². The third kappa shape index (κ3) is 3.57. The van der Waals surface area contributed by atoms with Crippen molar-refractivity contribution in [2.45, 2.75) is 6.61 Å². The van der Waals surface area contributed by atoms with Gasteiger partial charge in [0.05, 0.1) is 14.2 Å². The van der Waals surface area contributed by atoms with E-state index in [9.17, 15) is 0 Å². The zero-order chi connectivity index (χ0) is 14.5. The Hall–Kier alpha value is -1.88. The Morgan fingerprint density at radius 3 is 2.40 bits per heavy atom. The molecule has 0 aliphatic rings. The fourth-order valence-electron chi connectivity index (χ4n) is 1.80. The lowest BCUT2D eigenvalue weighted by atomic mass is 10.2. The molecule has 0 unspecified atom stereocenters. The second-order valence-corrected chi connectivity index (χ2v) is 5.11. The predicted molar refractivity (Wildman–Crippen MR) is 82.4 cm³/mol. The van der Waals surface area contributed by atoms with Gasteiger partial charge in [-0.3, -0.25) is 0 Å². The molecule has 0 amide bonds. The fourth-order valence-corrected chi connectivity index (χ4v) is 2.29. The molecule has 0 saturated carbocycles. The van der Waals surface area contributed by atoms with Crippen LogP contribution in [0.15, 0.2) is 40.9 Å². The highest BCUT2D eigenvalue weighted by atomic mass is 79.9. The molecule has 0 saturated heterocycles. The van der Waals surface area contributed by atoms with E-state index in [1.165, 1.54) is 0 Å². The summed E-state index contributed by atoms with van der Waals surface area (Å²) in [6.07, 6.45) is 0. The number of nitrogen functional groups attached to an aromatic ring is 1. The van der Waals surface area contributed by atoms with Crippen molar-refractivity contribution in [3.63, 3.8) is 0 Å². The number of methoxy groups -OCH3 is 2. The van der Waals surface area contributed by atoms with Gasteiger partial charge in [0.15, 0.2) is 11.5 Å². The van der Waals surface area contributed by atoms with E-state index in [0.29, 0.717) is 29.5 Å². The van der Waals surface area contributed by atoms with Crippen molar-refractivity contribution in [2.75, 3.05) is 20.0 Å². The van der Waals surface area contributed by atoms with Crippen molar-refractivity contribution in [2.24, 2.45) is 0 Å². The Kier molecular flexibility index (Phi) is 4.74. The van der Waals surface area contributed by atoms with Gasteiger partial charge in [0.25, 0.3) is 0 Å². The van der Waals surface area contributed by atoms with Gasteiger partial charge in [0.2, 0.25) is 0 Å². The van der Waals surface area contributed by atoms with E-state index in [4.69, 9.17) is 19.9 Å². The minimum Gasteiger partial charge on any atom is -0.493 e. The van der Waals surface area contributed by atoms with Crippen LogP contribution in [-0.4, -0.2) is 14.2 Å². The van der Waals surface area contributed by atoms with E-state index in [1.54, 1.807) is 20.3 Å². The van der Waals surface area contributed by atoms with Crippen LogP contribution in [0.25, 0.3) is 0 Å². The van der Waals surface area contributed by atoms with E-state index in [0.717, 1.165) is 10.0 Å². The van der Waals surface area contributed by atoms with E-state index < -0.39 is 0 Å². The van der Waals surface area contributed by atoms with Crippen LogP contribution in [0.5, 0.6) is 17.2 Å². The molecule has 0 bridgehead atoms. The SMILES string of the molecule is COc1ccc(COc2cc(N)cc(Br)c2)cc1OC. The normalized spacial score (nSPS) is 10.2. The number of hydrogen-bond donors (Lipinski definition) is 1. The minimum atomic E-state index is 0.427. The van der Waals surface area contributed by atoms with Gasteiger partial charge >= 0.3 is 0 Å². The van der Waals surface area contributed by atoms with Crippen LogP contribution < -0.4 is 19.9 Å². The summed E-state index contributed by atoms with van der Waals surface area (Å²) in [7, 11) is 3.22. The summed E-state index contributed by atoms with van der Waals surface area (Å²) in [5.41, 5.74) is 7.41. The summed E-state index contributed by atoms with van der Waals surface area (Å²) in [6.45, 7) is 0.427. The monoisotopic (exact) mass is 337 g/mol. The average molecular weight is 338 g/mol. The number of benzene rings is 2. The first-order valence-electron chi connectivity index (χ1n) is 6.02. The van der Waals surface area contributed by atoms with Crippen molar-refractivity contribution >= 4 is 21.6 Å². The second-order valence-electron chi connectivity index (χ2n) is 4.20. The Balaban J connectivity index is 2.10. The smallest absolute Gasteiger partial charge is 0.161 e. The molecule has 20 heavy (non-hydrogen) atoms. The van der Waals surface area contributed by atoms with Crippen LogP contribution in [-0.2, 0) is 6.61 Å². The summed E-state index contributed by atoms with van der Waals surface area (Å²) in [6, 6.07) is 11.2. The Morgan fingerprint density at radius 2 is 1.75 bits per heavy atom. The van der Waals surface area contributed by atoms with Crippen molar-refractivity contribution in [3.8, 4) is 17.2 Å². The second kappa shape index (κ2) is 6.52. The molecule has 2 N–H and O–H groups in total. The molecule has 0 aliphatic heterocycles. The Morgan fingerprint density at radius 1 is 1.00 bits per heavy atom. The molecular formula is C15H16BrNO3. The maximum Gasteiger partial charge on any atom is 0.161 e. The van der Waals surface area contributed by atoms with Crippen molar-refractivity contribution < 1.29 is 14.2 Å². The summed E-state index contributed by atoms with van der Waals surface area (Å²) < 4.78 is 17.1. The highest BCUT2D eigenvalue weighted by molar-refractivity contribution is 9.10. The zero-order valence-corrected chi connectivity index (χ0v) is 12.9. The van der Waals surface area contributed by atoms with Crippen LogP contribution in [0, 0.1) is 0 Å². The maximum atomic E-state index is 5.77. The first-order valence-corrected chi connectivity index (χ1v) is 6.81. The molecular weight excluding hydrogens is 322 g/mol. The van der Waals surface area contributed by atoms with Crippen LogP contribution in [0.4, 0.5) is 5.69 Å². The standard InChI is InChI=1S/C15H16BrNO3/c1-18-14-4-3-10(5-15(14)19-2)9-20-13-7-11(16)6-12(17)8-13/h3-8H,9,17H2,1-2H3. The van der Waals surface area contributed by atoms with Gasteiger partial charge in [-0.15, -0.1) is 0 Å². The number of anilines is 1. The summed E-state index contributed by atoms with van der Waals surface area (Å²) in [5.74, 6) is 2.09. The lowest BCUT2D eigenvalue weighted by molar-refractivity contribution is 0.304. The van der Waals surface area contributed by atoms with Gasteiger partial charge in [-0.05, 0) is 29.8 Å². The number of nitrogens with two attached hydrogens (primary N) is 1. The van der Waals surface area contributed by atoms with Crippen molar-refractivity contribution in [1.82, 2.24) is 0 Å². The topological polar surface area (TPSA) is 53.7 Å². The van der Waals surface area contributed by atoms with Crippen LogP contribution in [0.2, 0.25) is 0 Å². The van der Waals surface area contributed by atoms with Crippen LogP contribution in [0.1, 0.15) is 5.56 Å². The molecule has 2 aromatic rings. The quantitative estimate of drug-likeness (QED) is 0.846. The molecule has 0 atom stereocenters. The highest BCUT2D eigenvalue weighted by Crippen LogP contribution is 2.28. The first-order chi connectivity index (χ1) is 9.62. The Labute approximate surface area is 126 Å². The third-order valence-electron chi connectivity index (χ3n) is 2.75. The molecule has 0 fully saturated rings. The van der Waals surface area contributed by atoms with Gasteiger partial charge in [0.1, 0.15) is 12.4 Å². The number of ether oxygens (including phenoxy) is 3. The molecule has 4 nitrogen and oxygen atoms in total. The maximum absolute atomic E-state index is 5.77. The van der Waals surface area contributed by atoms with Gasteiger partial charge < -0.3 is 19.9 Å².